The second-order valence-electron chi connectivity index (χ2n) is 6.57. The van der Waals surface area contributed by atoms with Gasteiger partial charge >= 0.3 is 0 Å². The average Bonchev–Trinajstić information content (AvgIpc) is 2.65. The molecule has 0 heterocycles. The van der Waals surface area contributed by atoms with Crippen LogP contribution in [0, 0.1) is 0 Å². The number of fused-ring (bicyclic) bond motifs is 1. The highest BCUT2D eigenvalue weighted by atomic mass is 17.2. The number of hydrogen-bond acceptors (Lipinski definition) is 3. The largest absolute Gasteiger partial charge is 0.496 e. The van der Waals surface area contributed by atoms with E-state index in [2.05, 4.69) is 25.1 Å². The summed E-state index contributed by atoms with van der Waals surface area (Å²) in [4.78, 5) is 10.7. The molecular weight excluding hydrogens is 312 g/mol. The molecule has 0 unspecified atom stereocenters. The molecule has 2 rings (SSSR count). The van der Waals surface area contributed by atoms with Crippen LogP contribution >= 0.6 is 0 Å². The van der Waals surface area contributed by atoms with Crippen LogP contribution in [0.4, 0.5) is 0 Å². The molecule has 0 saturated heterocycles. The molecule has 0 bridgehead atoms. The van der Waals surface area contributed by atoms with Crippen molar-refractivity contribution in [3.63, 3.8) is 0 Å². The summed E-state index contributed by atoms with van der Waals surface area (Å²) in [6, 6.07) is 12.4. The third-order valence-corrected chi connectivity index (χ3v) is 4.53. The van der Waals surface area contributed by atoms with Gasteiger partial charge in [0.05, 0.1) is 13.7 Å². The lowest BCUT2D eigenvalue weighted by Crippen LogP contribution is -2.00. The van der Waals surface area contributed by atoms with Crippen molar-refractivity contribution in [3.8, 4) is 5.75 Å². The maximum atomic E-state index is 5.47. The van der Waals surface area contributed by atoms with Crippen molar-refractivity contribution >= 4 is 10.8 Å². The minimum Gasteiger partial charge on any atom is -0.496 e. The van der Waals surface area contributed by atoms with E-state index >= 15 is 0 Å². The Morgan fingerprint density at radius 1 is 0.760 bits per heavy atom. The second kappa shape index (κ2) is 11.9. The minimum atomic E-state index is 0.408. The van der Waals surface area contributed by atoms with Crippen LogP contribution in [0.15, 0.2) is 36.4 Å². The zero-order chi connectivity index (χ0) is 17.7. The first-order valence-corrected chi connectivity index (χ1v) is 9.65. The molecule has 2 aromatic carbocycles. The Bertz CT molecular complexity index is 609. The Hall–Kier alpha value is -1.58. The molecule has 0 N–H and O–H groups in total. The van der Waals surface area contributed by atoms with Gasteiger partial charge in [-0.2, -0.15) is 0 Å². The van der Waals surface area contributed by atoms with Gasteiger partial charge in [0.1, 0.15) is 12.4 Å². The summed E-state index contributed by atoms with van der Waals surface area (Å²) in [5.74, 6) is 0.842. The van der Waals surface area contributed by atoms with Gasteiger partial charge in [-0.25, -0.2) is 9.78 Å². The molecule has 2 aromatic rings. The van der Waals surface area contributed by atoms with Crippen molar-refractivity contribution in [1.29, 1.82) is 0 Å². The molecule has 0 aliphatic carbocycles. The third-order valence-electron chi connectivity index (χ3n) is 4.53. The number of rotatable bonds is 13. The molecule has 0 amide bonds. The highest BCUT2D eigenvalue weighted by molar-refractivity contribution is 5.84. The van der Waals surface area contributed by atoms with E-state index in [1.807, 2.05) is 18.2 Å². The zero-order valence-corrected chi connectivity index (χ0v) is 15.8. The molecule has 3 nitrogen and oxygen atoms in total. The number of unbranched alkanes of at least 4 members (excludes halogenated alkanes) is 7. The summed E-state index contributed by atoms with van der Waals surface area (Å²) >= 11 is 0. The molecule has 0 saturated carbocycles. The fourth-order valence-electron chi connectivity index (χ4n) is 3.03. The molecule has 138 valence electrons. The highest BCUT2D eigenvalue weighted by Crippen LogP contribution is 2.26. The van der Waals surface area contributed by atoms with Crippen molar-refractivity contribution in [2.75, 3.05) is 13.7 Å². The Balaban J connectivity index is 1.62. The van der Waals surface area contributed by atoms with Crippen molar-refractivity contribution in [3.05, 3.63) is 42.0 Å². The van der Waals surface area contributed by atoms with Gasteiger partial charge in [-0.15, -0.1) is 0 Å². The smallest absolute Gasteiger partial charge is 0.125 e. The normalized spacial score (nSPS) is 11.1. The Labute approximate surface area is 152 Å². The molecule has 0 fully saturated rings. The van der Waals surface area contributed by atoms with Crippen LogP contribution in [-0.4, -0.2) is 13.7 Å². The first-order valence-electron chi connectivity index (χ1n) is 9.65. The molecule has 25 heavy (non-hydrogen) atoms. The summed E-state index contributed by atoms with van der Waals surface area (Å²) in [6.45, 7) is 3.32. The lowest BCUT2D eigenvalue weighted by molar-refractivity contribution is -0.304. The van der Waals surface area contributed by atoms with Crippen LogP contribution in [-0.2, 0) is 16.4 Å². The van der Waals surface area contributed by atoms with Crippen LogP contribution < -0.4 is 4.74 Å². The summed E-state index contributed by atoms with van der Waals surface area (Å²) in [6.07, 6.45) is 10.3. The molecule has 0 radical (unpaired) electrons. The van der Waals surface area contributed by atoms with E-state index in [0.717, 1.165) is 17.7 Å². The molecule has 3 heteroatoms. The van der Waals surface area contributed by atoms with Gasteiger partial charge < -0.3 is 4.74 Å². The Kier molecular flexibility index (Phi) is 9.38. The van der Waals surface area contributed by atoms with E-state index in [4.69, 9.17) is 14.5 Å². The number of methoxy groups -OCH3 is 1. The minimum absolute atomic E-state index is 0.408. The van der Waals surface area contributed by atoms with Crippen molar-refractivity contribution in [1.82, 2.24) is 0 Å². The van der Waals surface area contributed by atoms with Crippen LogP contribution in [0.1, 0.15) is 63.9 Å². The molecule has 0 aliphatic heterocycles. The van der Waals surface area contributed by atoms with Gasteiger partial charge in [-0.3, -0.25) is 0 Å². The van der Waals surface area contributed by atoms with Crippen LogP contribution in [0.3, 0.4) is 0 Å². The van der Waals surface area contributed by atoms with Crippen molar-refractivity contribution < 1.29 is 14.5 Å². The number of hydrogen-bond donors (Lipinski definition) is 0. The van der Waals surface area contributed by atoms with E-state index in [1.54, 1.807) is 7.11 Å². The van der Waals surface area contributed by atoms with Crippen LogP contribution in [0.2, 0.25) is 0 Å². The lowest BCUT2D eigenvalue weighted by atomic mass is 10.1. The van der Waals surface area contributed by atoms with Gasteiger partial charge in [-0.05, 0) is 29.3 Å². The molecule has 0 atom stereocenters. The zero-order valence-electron chi connectivity index (χ0n) is 15.8. The quantitative estimate of drug-likeness (QED) is 0.238. The van der Waals surface area contributed by atoms with Crippen LogP contribution in [0.25, 0.3) is 10.8 Å². The first-order chi connectivity index (χ1) is 12.3. The molecular formula is C22H32O3. The van der Waals surface area contributed by atoms with Crippen molar-refractivity contribution in [2.24, 2.45) is 0 Å². The fourth-order valence-corrected chi connectivity index (χ4v) is 3.03. The Morgan fingerprint density at radius 3 is 2.08 bits per heavy atom. The monoisotopic (exact) mass is 344 g/mol. The van der Waals surface area contributed by atoms with Gasteiger partial charge in [0.15, 0.2) is 0 Å². The predicted octanol–water partition coefficient (Wildman–Crippen LogP) is 6.44. The third kappa shape index (κ3) is 7.05. The summed E-state index contributed by atoms with van der Waals surface area (Å²) in [7, 11) is 1.69. The second-order valence-corrected chi connectivity index (χ2v) is 6.57. The van der Waals surface area contributed by atoms with E-state index in [1.165, 1.54) is 55.7 Å². The van der Waals surface area contributed by atoms with E-state index in [-0.39, 0.29) is 0 Å². The summed E-state index contributed by atoms with van der Waals surface area (Å²) in [5, 5.41) is 2.35. The van der Waals surface area contributed by atoms with Crippen molar-refractivity contribution in [2.45, 2.75) is 64.9 Å². The van der Waals surface area contributed by atoms with Gasteiger partial charge in [0.25, 0.3) is 0 Å². The number of benzene rings is 2. The van der Waals surface area contributed by atoms with E-state index < -0.39 is 0 Å². The van der Waals surface area contributed by atoms with Gasteiger partial charge in [0, 0.05) is 5.56 Å². The number of ether oxygens (including phenoxy) is 1. The average molecular weight is 344 g/mol. The van der Waals surface area contributed by atoms with E-state index in [9.17, 15) is 0 Å². The van der Waals surface area contributed by atoms with Gasteiger partial charge in [0.2, 0.25) is 0 Å². The standard InChI is InChI=1S/C22H32O3/c1-3-4-5-6-7-8-9-12-15-24-25-18-21-16-19-13-10-11-14-20(19)17-22(21)23-2/h10-11,13-14,16-17H,3-9,12,15,18H2,1-2H3. The first kappa shape index (κ1) is 19.7. The summed E-state index contributed by atoms with van der Waals surface area (Å²) < 4.78 is 5.47. The fraction of sp³-hybridized carbons (Fsp3) is 0.545. The van der Waals surface area contributed by atoms with E-state index in [0.29, 0.717) is 13.2 Å². The Morgan fingerprint density at radius 2 is 1.40 bits per heavy atom. The maximum absolute atomic E-state index is 5.47. The summed E-state index contributed by atoms with van der Waals surface area (Å²) in [5.41, 5.74) is 1.01. The van der Waals surface area contributed by atoms with Crippen LogP contribution in [0.5, 0.6) is 5.75 Å². The highest BCUT2D eigenvalue weighted by Gasteiger charge is 2.06. The predicted molar refractivity (Wildman–Crippen MR) is 104 cm³/mol. The maximum Gasteiger partial charge on any atom is 0.125 e. The van der Waals surface area contributed by atoms with Gasteiger partial charge in [-0.1, -0.05) is 76.1 Å². The topological polar surface area (TPSA) is 27.7 Å². The molecule has 0 spiro atoms. The molecule has 0 aliphatic rings. The molecule has 0 aromatic heterocycles. The SMILES string of the molecule is CCCCCCCCCCOOCc1cc2ccccc2cc1OC. The lowest BCUT2D eigenvalue weighted by Gasteiger charge is -2.10.